The summed E-state index contributed by atoms with van der Waals surface area (Å²) < 4.78 is 0. The van der Waals surface area contributed by atoms with Crippen LogP contribution in [0.3, 0.4) is 0 Å². The number of nitrogens with zero attached hydrogens (tertiary/aromatic N) is 2. The minimum Gasteiger partial charge on any atom is -0.396 e. The summed E-state index contributed by atoms with van der Waals surface area (Å²) in [7, 11) is 0. The molecule has 1 unspecified atom stereocenters. The molecule has 4 nitrogen and oxygen atoms in total. The van der Waals surface area contributed by atoms with Crippen molar-refractivity contribution in [2.75, 3.05) is 13.2 Å². The Labute approximate surface area is 135 Å². The number of pyridine rings is 1. The third-order valence-electron chi connectivity index (χ3n) is 4.24. The molecule has 1 aliphatic rings. The van der Waals surface area contributed by atoms with Crippen molar-refractivity contribution >= 4 is 11.3 Å². The monoisotopic (exact) mass is 317 g/mol. The molecule has 118 valence electrons. The van der Waals surface area contributed by atoms with Gasteiger partial charge in [0, 0.05) is 48.6 Å². The fourth-order valence-electron chi connectivity index (χ4n) is 2.66. The van der Waals surface area contributed by atoms with Gasteiger partial charge in [-0.3, -0.25) is 4.98 Å². The molecule has 0 saturated heterocycles. The van der Waals surface area contributed by atoms with Gasteiger partial charge >= 0.3 is 0 Å². The van der Waals surface area contributed by atoms with Crippen LogP contribution in [-0.2, 0) is 13.0 Å². The fraction of sp³-hybridized carbons (Fsp3) is 0.529. The molecule has 0 aromatic carbocycles. The summed E-state index contributed by atoms with van der Waals surface area (Å²) in [6.45, 7) is 1.81. The Morgan fingerprint density at radius 3 is 2.91 bits per heavy atom. The fourth-order valence-corrected chi connectivity index (χ4v) is 3.72. The zero-order valence-electron chi connectivity index (χ0n) is 12.7. The molecule has 3 rings (SSSR count). The van der Waals surface area contributed by atoms with Gasteiger partial charge in [-0.25, -0.2) is 4.98 Å². The highest BCUT2D eigenvalue weighted by molar-refractivity contribution is 7.11. The molecule has 0 aliphatic heterocycles. The van der Waals surface area contributed by atoms with Crippen LogP contribution >= 0.6 is 11.3 Å². The van der Waals surface area contributed by atoms with E-state index in [9.17, 15) is 5.11 Å². The molecular weight excluding hydrogens is 294 g/mol. The second kappa shape index (κ2) is 7.81. The number of thiazole rings is 1. The maximum atomic E-state index is 9.52. The van der Waals surface area contributed by atoms with E-state index in [-0.39, 0.29) is 12.5 Å². The van der Waals surface area contributed by atoms with E-state index in [1.54, 1.807) is 6.20 Å². The van der Waals surface area contributed by atoms with Crippen molar-refractivity contribution in [1.29, 1.82) is 0 Å². The molecule has 0 radical (unpaired) electrons. The second-order valence-corrected chi connectivity index (χ2v) is 7.14. The molecule has 0 amide bonds. The van der Waals surface area contributed by atoms with Crippen molar-refractivity contribution in [3.05, 3.63) is 46.2 Å². The first-order valence-electron chi connectivity index (χ1n) is 8.01. The van der Waals surface area contributed by atoms with Gasteiger partial charge in [-0.15, -0.1) is 11.3 Å². The highest BCUT2D eigenvalue weighted by Gasteiger charge is 2.22. The Kier molecular flexibility index (Phi) is 5.53. The molecular formula is C17H23N3OS. The van der Waals surface area contributed by atoms with Crippen LogP contribution < -0.4 is 5.32 Å². The van der Waals surface area contributed by atoms with Gasteiger partial charge in [0.1, 0.15) is 0 Å². The standard InChI is InChI=1S/C17H23N3OS/c21-12-13(8-15-6-1-2-7-19-15)9-18-10-16-11-20-17(22-16)14-4-3-5-14/h1-2,6-7,11,13-14,18,21H,3-5,8-10,12H2. The maximum absolute atomic E-state index is 9.52. The molecule has 1 saturated carbocycles. The van der Waals surface area contributed by atoms with Crippen molar-refractivity contribution < 1.29 is 5.11 Å². The van der Waals surface area contributed by atoms with Crippen LogP contribution in [0.25, 0.3) is 0 Å². The lowest BCUT2D eigenvalue weighted by atomic mass is 9.86. The lowest BCUT2D eigenvalue weighted by molar-refractivity contribution is 0.221. The van der Waals surface area contributed by atoms with Crippen molar-refractivity contribution in [2.24, 2.45) is 5.92 Å². The van der Waals surface area contributed by atoms with Gasteiger partial charge in [0.25, 0.3) is 0 Å². The van der Waals surface area contributed by atoms with Crippen molar-refractivity contribution in [1.82, 2.24) is 15.3 Å². The van der Waals surface area contributed by atoms with Crippen molar-refractivity contribution in [2.45, 2.75) is 38.1 Å². The van der Waals surface area contributed by atoms with E-state index >= 15 is 0 Å². The number of aromatic nitrogens is 2. The van der Waals surface area contributed by atoms with Crippen LogP contribution in [0.5, 0.6) is 0 Å². The molecule has 2 aromatic heterocycles. The predicted octanol–water partition coefficient (Wildman–Crippen LogP) is 2.75. The van der Waals surface area contributed by atoms with Gasteiger partial charge in [-0.2, -0.15) is 0 Å². The average molecular weight is 317 g/mol. The van der Waals surface area contributed by atoms with E-state index in [0.29, 0.717) is 5.92 Å². The highest BCUT2D eigenvalue weighted by Crippen LogP contribution is 2.38. The molecule has 0 spiro atoms. The number of aliphatic hydroxyl groups is 1. The van der Waals surface area contributed by atoms with Crippen LogP contribution in [0.2, 0.25) is 0 Å². The quantitative estimate of drug-likeness (QED) is 0.786. The van der Waals surface area contributed by atoms with Crippen LogP contribution in [0, 0.1) is 5.92 Å². The SMILES string of the molecule is OCC(CNCc1cnc(C2CCC2)s1)Cc1ccccn1. The Bertz CT molecular complexity index is 568. The molecule has 1 atom stereocenters. The number of nitrogens with one attached hydrogen (secondary N) is 1. The summed E-state index contributed by atoms with van der Waals surface area (Å²) >= 11 is 1.83. The first kappa shape index (κ1) is 15.6. The van der Waals surface area contributed by atoms with Gasteiger partial charge in [0.2, 0.25) is 0 Å². The Morgan fingerprint density at radius 1 is 1.32 bits per heavy atom. The topological polar surface area (TPSA) is 58.0 Å². The van der Waals surface area contributed by atoms with Gasteiger partial charge in [-0.1, -0.05) is 12.5 Å². The van der Waals surface area contributed by atoms with Gasteiger partial charge in [0.05, 0.1) is 5.01 Å². The van der Waals surface area contributed by atoms with Crippen LogP contribution in [-0.4, -0.2) is 28.2 Å². The number of hydrogen-bond donors (Lipinski definition) is 2. The van der Waals surface area contributed by atoms with Crippen LogP contribution in [0.1, 0.15) is 40.8 Å². The van der Waals surface area contributed by atoms with Gasteiger partial charge in [-0.05, 0) is 37.3 Å². The Morgan fingerprint density at radius 2 is 2.23 bits per heavy atom. The second-order valence-electron chi connectivity index (χ2n) is 6.00. The molecule has 2 aromatic rings. The first-order chi connectivity index (χ1) is 10.8. The molecule has 0 bridgehead atoms. The summed E-state index contributed by atoms with van der Waals surface area (Å²) in [4.78, 5) is 10.2. The lowest BCUT2D eigenvalue weighted by Gasteiger charge is -2.22. The zero-order valence-corrected chi connectivity index (χ0v) is 13.6. The van der Waals surface area contributed by atoms with Crippen LogP contribution in [0.15, 0.2) is 30.6 Å². The van der Waals surface area contributed by atoms with E-state index in [1.165, 1.54) is 29.1 Å². The average Bonchev–Trinajstić information content (AvgIpc) is 2.94. The highest BCUT2D eigenvalue weighted by atomic mass is 32.1. The normalized spacial score (nSPS) is 16.4. The van der Waals surface area contributed by atoms with Gasteiger partial charge in [0.15, 0.2) is 0 Å². The molecule has 2 heterocycles. The maximum Gasteiger partial charge on any atom is 0.0959 e. The molecule has 2 N–H and O–H groups in total. The van der Waals surface area contributed by atoms with Crippen molar-refractivity contribution in [3.63, 3.8) is 0 Å². The molecule has 22 heavy (non-hydrogen) atoms. The van der Waals surface area contributed by atoms with Crippen molar-refractivity contribution in [3.8, 4) is 0 Å². The zero-order chi connectivity index (χ0) is 15.2. The third-order valence-corrected chi connectivity index (χ3v) is 5.40. The lowest BCUT2D eigenvalue weighted by Crippen LogP contribution is -2.26. The summed E-state index contributed by atoms with van der Waals surface area (Å²) in [6, 6.07) is 5.92. The summed E-state index contributed by atoms with van der Waals surface area (Å²) in [5, 5.41) is 14.3. The summed E-state index contributed by atoms with van der Waals surface area (Å²) in [5.41, 5.74) is 1.04. The van der Waals surface area contributed by atoms with E-state index in [4.69, 9.17) is 0 Å². The largest absolute Gasteiger partial charge is 0.396 e. The van der Waals surface area contributed by atoms with Gasteiger partial charge < -0.3 is 10.4 Å². The number of rotatable bonds is 8. The Hall–Kier alpha value is -1.30. The smallest absolute Gasteiger partial charge is 0.0959 e. The Balaban J connectivity index is 1.43. The number of aliphatic hydroxyl groups excluding tert-OH is 1. The predicted molar refractivity (Wildman–Crippen MR) is 88.9 cm³/mol. The minimum atomic E-state index is 0.180. The summed E-state index contributed by atoms with van der Waals surface area (Å²) in [6.07, 6.45) is 8.56. The van der Waals surface area contributed by atoms with Crippen LogP contribution in [0.4, 0.5) is 0 Å². The minimum absolute atomic E-state index is 0.180. The third kappa shape index (κ3) is 4.12. The van der Waals surface area contributed by atoms with E-state index in [1.807, 2.05) is 35.7 Å². The van der Waals surface area contributed by atoms with E-state index < -0.39 is 0 Å². The molecule has 1 aliphatic carbocycles. The molecule has 1 fully saturated rings. The first-order valence-corrected chi connectivity index (χ1v) is 8.83. The van der Waals surface area contributed by atoms with E-state index in [0.717, 1.165) is 25.2 Å². The molecule has 5 heteroatoms. The summed E-state index contributed by atoms with van der Waals surface area (Å²) in [5.74, 6) is 0.919. The number of hydrogen-bond acceptors (Lipinski definition) is 5. The van der Waals surface area contributed by atoms with E-state index in [2.05, 4.69) is 15.3 Å².